The predicted molar refractivity (Wildman–Crippen MR) is 185 cm³/mol. The number of methoxy groups -OCH3 is 1. The number of quaternary nitrogens is 1. The second-order valence-corrected chi connectivity index (χ2v) is 11.2. The molecule has 8 heteroatoms. The van der Waals surface area contributed by atoms with Crippen LogP contribution in [-0.2, 0) is 14.3 Å². The molecule has 5 rings (SSSR count). The summed E-state index contributed by atoms with van der Waals surface area (Å²) in [5, 5.41) is 6.87. The van der Waals surface area contributed by atoms with Gasteiger partial charge in [-0.25, -0.2) is 4.79 Å². The minimum absolute atomic E-state index is 0.00654. The zero-order chi connectivity index (χ0) is 33.2. The highest BCUT2D eigenvalue weighted by molar-refractivity contribution is 6.10. The van der Waals surface area contributed by atoms with Crippen LogP contribution in [0.3, 0.4) is 0 Å². The van der Waals surface area contributed by atoms with Crippen molar-refractivity contribution in [1.82, 2.24) is 0 Å². The average Bonchev–Trinajstić information content (AvgIpc) is 3.10. The third-order valence-electron chi connectivity index (χ3n) is 7.98. The molecule has 0 spiro atoms. The van der Waals surface area contributed by atoms with E-state index in [9.17, 15) is 14.4 Å². The summed E-state index contributed by atoms with van der Waals surface area (Å²) in [6.07, 6.45) is 2.86. The molecule has 0 aliphatic carbocycles. The van der Waals surface area contributed by atoms with Crippen LogP contribution in [0.25, 0.3) is 32.7 Å². The van der Waals surface area contributed by atoms with Crippen LogP contribution < -0.4 is 20.5 Å². The van der Waals surface area contributed by atoms with E-state index in [1.807, 2.05) is 66.7 Å². The Hall–Kier alpha value is -5.47. The summed E-state index contributed by atoms with van der Waals surface area (Å²) in [5.41, 5.74) is 6.36. The first-order valence-electron chi connectivity index (χ1n) is 15.6. The number of benzene rings is 5. The number of hydrogen-bond acceptors (Lipinski definition) is 6. The summed E-state index contributed by atoms with van der Waals surface area (Å²) < 4.78 is 17.3. The Balaban J connectivity index is 1.42. The maximum atomic E-state index is 13.4. The molecule has 0 saturated carbocycles. The van der Waals surface area contributed by atoms with E-state index in [1.54, 1.807) is 30.3 Å². The highest BCUT2D eigenvalue weighted by Crippen LogP contribution is 2.45. The third-order valence-corrected chi connectivity index (χ3v) is 7.98. The van der Waals surface area contributed by atoms with Crippen LogP contribution in [0.2, 0.25) is 0 Å². The average molecular weight is 632 g/mol. The van der Waals surface area contributed by atoms with Crippen molar-refractivity contribution in [2.45, 2.75) is 19.3 Å². The highest BCUT2D eigenvalue weighted by atomic mass is 16.5. The zero-order valence-corrected chi connectivity index (χ0v) is 26.5. The minimum atomic E-state index is -0.595. The number of amides is 1. The van der Waals surface area contributed by atoms with Gasteiger partial charge in [0.15, 0.2) is 5.78 Å². The lowest BCUT2D eigenvalue weighted by Crippen LogP contribution is -2.50. The van der Waals surface area contributed by atoms with E-state index in [0.717, 1.165) is 32.7 Å². The summed E-state index contributed by atoms with van der Waals surface area (Å²) in [6.45, 7) is 4.55. The molecule has 5 aromatic rings. The molecule has 0 unspecified atom stereocenters. The molecule has 0 heterocycles. The summed E-state index contributed by atoms with van der Waals surface area (Å²) >= 11 is 0. The number of rotatable bonds is 15. The van der Waals surface area contributed by atoms with Crippen LogP contribution >= 0.6 is 0 Å². The molecule has 5 aromatic carbocycles. The maximum Gasteiger partial charge on any atom is 0.337 e. The fourth-order valence-corrected chi connectivity index (χ4v) is 5.70. The molecule has 0 aliphatic rings. The van der Waals surface area contributed by atoms with Gasteiger partial charge in [0.05, 0.1) is 19.2 Å². The van der Waals surface area contributed by atoms with E-state index in [-0.39, 0.29) is 24.7 Å². The van der Waals surface area contributed by atoms with Crippen LogP contribution in [0.15, 0.2) is 110 Å². The van der Waals surface area contributed by atoms with E-state index in [0.29, 0.717) is 48.7 Å². The van der Waals surface area contributed by atoms with Crippen LogP contribution in [-0.4, -0.2) is 44.5 Å². The first kappa shape index (κ1) is 32.9. The van der Waals surface area contributed by atoms with Gasteiger partial charge in [-0.3, -0.25) is 9.59 Å². The van der Waals surface area contributed by atoms with Gasteiger partial charge in [-0.15, -0.1) is 0 Å². The normalized spacial score (nSPS) is 11.5. The number of ketones is 1. The molecule has 0 saturated heterocycles. The number of fused-ring (bicyclic) bond motifs is 2. The van der Waals surface area contributed by atoms with Crippen molar-refractivity contribution in [2.24, 2.45) is 5.92 Å². The Kier molecular flexibility index (Phi) is 11.0. The Morgan fingerprint density at radius 3 is 2.09 bits per heavy atom. The molecule has 8 nitrogen and oxygen atoms in total. The van der Waals surface area contributed by atoms with E-state index in [1.165, 1.54) is 7.11 Å². The Labute approximate surface area is 274 Å². The van der Waals surface area contributed by atoms with Crippen LogP contribution in [0.1, 0.15) is 29.6 Å². The van der Waals surface area contributed by atoms with E-state index in [4.69, 9.17) is 14.2 Å². The number of ether oxygens (including phenoxy) is 3. The van der Waals surface area contributed by atoms with Crippen molar-refractivity contribution < 1.29 is 34.3 Å². The van der Waals surface area contributed by atoms with Gasteiger partial charge < -0.3 is 25.3 Å². The van der Waals surface area contributed by atoms with Gasteiger partial charge in [0.2, 0.25) is 5.91 Å². The van der Waals surface area contributed by atoms with Gasteiger partial charge in [0, 0.05) is 29.2 Å². The Morgan fingerprint density at radius 2 is 1.47 bits per heavy atom. The van der Waals surface area contributed by atoms with Crippen molar-refractivity contribution in [1.29, 1.82) is 0 Å². The fraction of sp³-hybridized carbons (Fsp3) is 0.205. The number of anilines is 1. The largest absolute Gasteiger partial charge is 0.489 e. The van der Waals surface area contributed by atoms with Crippen LogP contribution in [0.5, 0.6) is 11.5 Å². The second-order valence-electron chi connectivity index (χ2n) is 11.2. The lowest BCUT2D eigenvalue weighted by Gasteiger charge is -2.20. The van der Waals surface area contributed by atoms with Crippen molar-refractivity contribution in [3.05, 3.63) is 115 Å². The zero-order valence-electron chi connectivity index (χ0n) is 26.5. The van der Waals surface area contributed by atoms with Crippen molar-refractivity contribution in [3.8, 4) is 22.6 Å². The molecule has 0 bridgehead atoms. The molecule has 0 radical (unpaired) electrons. The molecule has 1 atom stereocenters. The number of carbonyl (C=O) groups excluding carboxylic acids is 3. The van der Waals surface area contributed by atoms with Crippen molar-refractivity contribution in [2.75, 3.05) is 32.2 Å². The number of carbonyl (C=O) groups is 3. The van der Waals surface area contributed by atoms with Gasteiger partial charge >= 0.3 is 5.97 Å². The van der Waals surface area contributed by atoms with Gasteiger partial charge in [-0.1, -0.05) is 79.4 Å². The highest BCUT2D eigenvalue weighted by Gasteiger charge is 2.24. The summed E-state index contributed by atoms with van der Waals surface area (Å²) in [4.78, 5) is 38.8. The predicted octanol–water partition coefficient (Wildman–Crippen LogP) is 6.63. The number of esters is 1. The molecule has 1 amide bonds. The lowest BCUT2D eigenvalue weighted by molar-refractivity contribution is -0.368. The second kappa shape index (κ2) is 15.7. The van der Waals surface area contributed by atoms with E-state index < -0.39 is 11.9 Å². The van der Waals surface area contributed by atoms with Gasteiger partial charge in [0.1, 0.15) is 24.7 Å². The molecule has 0 aromatic heterocycles. The maximum absolute atomic E-state index is 13.4. The first-order chi connectivity index (χ1) is 22.9. The Bertz CT molecular complexity index is 1920. The number of nitrogens with one attached hydrogen (secondary N) is 1. The van der Waals surface area contributed by atoms with Crippen LogP contribution in [0.4, 0.5) is 5.69 Å². The SMILES string of the molecule is C=CCOc1ccc2ccccc2c1-c1c(OCC(=O)C[C@H](CCC[NH3+])C(=O)Nc2cccc(C(=O)OC)c2)ccc2ccccc12. The topological polar surface area (TPSA) is 119 Å². The summed E-state index contributed by atoms with van der Waals surface area (Å²) in [5.74, 6) is -0.397. The van der Waals surface area contributed by atoms with Gasteiger partial charge in [-0.2, -0.15) is 0 Å². The molecule has 240 valence electrons. The monoisotopic (exact) mass is 631 g/mol. The van der Waals surface area contributed by atoms with Crippen molar-refractivity contribution in [3.63, 3.8) is 0 Å². The van der Waals surface area contributed by atoms with Gasteiger partial charge in [-0.05, 0) is 64.7 Å². The minimum Gasteiger partial charge on any atom is -0.489 e. The number of hydrogen-bond donors (Lipinski definition) is 2. The first-order valence-corrected chi connectivity index (χ1v) is 15.6. The molecular formula is C39H39N2O6+. The molecule has 0 aliphatic heterocycles. The van der Waals surface area contributed by atoms with Crippen LogP contribution in [0, 0.1) is 5.92 Å². The van der Waals surface area contributed by atoms with E-state index in [2.05, 4.69) is 23.7 Å². The molecule has 4 N–H and O–H groups in total. The van der Waals surface area contributed by atoms with Gasteiger partial charge in [0.25, 0.3) is 0 Å². The summed E-state index contributed by atoms with van der Waals surface area (Å²) in [7, 11) is 1.30. The lowest BCUT2D eigenvalue weighted by atomic mass is 9.92. The van der Waals surface area contributed by atoms with E-state index >= 15 is 0 Å². The summed E-state index contributed by atoms with van der Waals surface area (Å²) in [6, 6.07) is 30.4. The molecule has 0 fully saturated rings. The third kappa shape index (κ3) is 7.85. The molecule has 47 heavy (non-hydrogen) atoms. The Morgan fingerprint density at radius 1 is 0.830 bits per heavy atom. The smallest absolute Gasteiger partial charge is 0.337 e. The fourth-order valence-electron chi connectivity index (χ4n) is 5.70. The molecular weight excluding hydrogens is 592 g/mol. The standard InChI is InChI=1S/C39H38N2O6/c1-3-22-46-34-19-17-26-10-4-6-15-32(26)36(34)37-33-16-7-5-11-27(33)18-20-35(37)47-25-31(42)24-28(13-9-21-40)38(43)41-30-14-8-12-29(23-30)39(44)45-2/h3-8,10-12,14-20,23,28H,1,9,13,21-22,24-25,40H2,2H3,(H,41,43)/p+1/t28-/m0/s1. The quantitative estimate of drug-likeness (QED) is 0.0990. The number of Topliss-reactive ketones (excluding diaryl/α,β-unsaturated/α-hetero) is 1. The van der Waals surface area contributed by atoms with Crippen molar-refractivity contribution >= 4 is 44.9 Å².